The van der Waals surface area contributed by atoms with E-state index >= 15 is 0 Å². The summed E-state index contributed by atoms with van der Waals surface area (Å²) in [6, 6.07) is 8.26. The van der Waals surface area contributed by atoms with E-state index in [4.69, 9.17) is 4.74 Å². The van der Waals surface area contributed by atoms with Crippen molar-refractivity contribution in [2.75, 3.05) is 24.6 Å². The maximum absolute atomic E-state index is 11.9. The molecule has 1 aromatic rings. The zero-order valence-corrected chi connectivity index (χ0v) is 11.6. The zero-order chi connectivity index (χ0) is 13.7. The molecule has 3 nitrogen and oxygen atoms in total. The van der Waals surface area contributed by atoms with Gasteiger partial charge in [-0.2, -0.15) is 0 Å². The normalized spacial score (nSPS) is 15.6. The second-order valence-electron chi connectivity index (χ2n) is 4.68. The fourth-order valence-electron chi connectivity index (χ4n) is 2.39. The number of carbonyl (C=O) groups excluding carboxylic acids is 1. The monoisotopic (exact) mass is 259 g/mol. The second kappa shape index (κ2) is 6.41. The van der Waals surface area contributed by atoms with Crippen molar-refractivity contribution in [3.8, 4) is 0 Å². The maximum Gasteiger partial charge on any atom is 0.313 e. The van der Waals surface area contributed by atoms with Crippen LogP contribution in [0.15, 0.2) is 36.4 Å². The van der Waals surface area contributed by atoms with Gasteiger partial charge in [-0.05, 0) is 31.0 Å². The van der Waals surface area contributed by atoms with E-state index in [-0.39, 0.29) is 11.9 Å². The predicted molar refractivity (Wildman–Crippen MR) is 77.5 cm³/mol. The number of rotatable bonds is 5. The lowest BCUT2D eigenvalue weighted by molar-refractivity contribution is -0.145. The molecule has 2 rings (SSSR count). The van der Waals surface area contributed by atoms with Gasteiger partial charge in [-0.25, -0.2) is 0 Å². The van der Waals surface area contributed by atoms with Crippen LogP contribution in [-0.4, -0.2) is 25.7 Å². The molecular formula is C16H21NO2. The fourth-order valence-corrected chi connectivity index (χ4v) is 2.39. The van der Waals surface area contributed by atoms with Gasteiger partial charge in [0.1, 0.15) is 0 Å². The number of esters is 1. The molecular weight excluding hydrogens is 238 g/mol. The summed E-state index contributed by atoms with van der Waals surface area (Å²) in [6.45, 7) is 6.23. The van der Waals surface area contributed by atoms with Gasteiger partial charge in [0.15, 0.2) is 0 Å². The van der Waals surface area contributed by atoms with Crippen LogP contribution < -0.4 is 4.90 Å². The summed E-state index contributed by atoms with van der Waals surface area (Å²) in [4.78, 5) is 14.2. The molecule has 0 bridgehead atoms. The minimum Gasteiger partial charge on any atom is -0.466 e. The van der Waals surface area contributed by atoms with Gasteiger partial charge in [0.05, 0.1) is 12.5 Å². The average molecular weight is 259 g/mol. The number of benzene rings is 1. The molecule has 1 unspecified atom stereocenters. The summed E-state index contributed by atoms with van der Waals surface area (Å²) in [6.07, 6.45) is 5.10. The molecule has 0 N–H and O–H groups in total. The van der Waals surface area contributed by atoms with E-state index in [2.05, 4.69) is 29.2 Å². The van der Waals surface area contributed by atoms with Crippen LogP contribution in [0, 0.1) is 0 Å². The van der Waals surface area contributed by atoms with Crippen molar-refractivity contribution >= 4 is 11.7 Å². The minimum atomic E-state index is -0.147. The van der Waals surface area contributed by atoms with E-state index < -0.39 is 0 Å². The SMILES string of the molecule is CCOC(=O)C(CC)c1ccc(N2CC=CC2)cc1. The molecule has 1 atom stereocenters. The molecule has 0 aromatic heterocycles. The number of ether oxygens (including phenoxy) is 1. The molecule has 0 saturated heterocycles. The van der Waals surface area contributed by atoms with Crippen LogP contribution in [0.4, 0.5) is 5.69 Å². The second-order valence-corrected chi connectivity index (χ2v) is 4.68. The number of hydrogen-bond acceptors (Lipinski definition) is 3. The molecule has 0 spiro atoms. The Hall–Kier alpha value is -1.77. The third-order valence-electron chi connectivity index (χ3n) is 3.46. The third kappa shape index (κ3) is 3.16. The first-order valence-corrected chi connectivity index (χ1v) is 6.92. The van der Waals surface area contributed by atoms with Crippen molar-refractivity contribution in [2.24, 2.45) is 0 Å². The molecule has 3 heteroatoms. The van der Waals surface area contributed by atoms with Crippen molar-refractivity contribution in [1.82, 2.24) is 0 Å². The van der Waals surface area contributed by atoms with Crippen LogP contribution in [0.3, 0.4) is 0 Å². The van der Waals surface area contributed by atoms with Gasteiger partial charge in [-0.15, -0.1) is 0 Å². The Morgan fingerprint density at radius 3 is 2.37 bits per heavy atom. The van der Waals surface area contributed by atoms with Crippen molar-refractivity contribution in [3.63, 3.8) is 0 Å². The van der Waals surface area contributed by atoms with Gasteiger partial charge >= 0.3 is 5.97 Å². The highest BCUT2D eigenvalue weighted by molar-refractivity contribution is 5.78. The Labute approximate surface area is 114 Å². The zero-order valence-electron chi connectivity index (χ0n) is 11.6. The van der Waals surface area contributed by atoms with Crippen molar-refractivity contribution in [3.05, 3.63) is 42.0 Å². The van der Waals surface area contributed by atoms with Crippen LogP contribution in [0.5, 0.6) is 0 Å². The molecule has 0 saturated carbocycles. The van der Waals surface area contributed by atoms with E-state index in [1.54, 1.807) is 0 Å². The molecule has 0 aliphatic carbocycles. The standard InChI is InChI=1S/C16H21NO2/c1-3-15(16(18)19-4-2)13-7-9-14(10-8-13)17-11-5-6-12-17/h5-10,15H,3-4,11-12H2,1-2H3. The molecule has 1 aromatic carbocycles. The van der Waals surface area contributed by atoms with Gasteiger partial charge in [0, 0.05) is 18.8 Å². The van der Waals surface area contributed by atoms with Crippen LogP contribution in [0.25, 0.3) is 0 Å². The third-order valence-corrected chi connectivity index (χ3v) is 3.46. The fraction of sp³-hybridized carbons (Fsp3) is 0.438. The Morgan fingerprint density at radius 1 is 1.21 bits per heavy atom. The highest BCUT2D eigenvalue weighted by atomic mass is 16.5. The first-order valence-electron chi connectivity index (χ1n) is 6.92. The van der Waals surface area contributed by atoms with Crippen LogP contribution in [0.2, 0.25) is 0 Å². The summed E-state index contributed by atoms with van der Waals surface area (Å²) in [7, 11) is 0. The Morgan fingerprint density at radius 2 is 1.84 bits per heavy atom. The first kappa shape index (κ1) is 13.7. The average Bonchev–Trinajstić information content (AvgIpc) is 2.95. The van der Waals surface area contributed by atoms with Crippen molar-refractivity contribution < 1.29 is 9.53 Å². The van der Waals surface area contributed by atoms with E-state index in [1.807, 2.05) is 26.0 Å². The van der Waals surface area contributed by atoms with Crippen molar-refractivity contribution in [2.45, 2.75) is 26.2 Å². The number of hydrogen-bond donors (Lipinski definition) is 0. The highest BCUT2D eigenvalue weighted by Gasteiger charge is 2.20. The van der Waals surface area contributed by atoms with E-state index in [0.29, 0.717) is 6.61 Å². The molecule has 0 radical (unpaired) electrons. The van der Waals surface area contributed by atoms with Gasteiger partial charge < -0.3 is 9.64 Å². The van der Waals surface area contributed by atoms with Gasteiger partial charge in [0.25, 0.3) is 0 Å². The lowest BCUT2D eigenvalue weighted by atomic mass is 9.96. The Kier molecular flexibility index (Phi) is 4.61. The molecule has 102 valence electrons. The number of anilines is 1. The lowest BCUT2D eigenvalue weighted by Gasteiger charge is -2.19. The summed E-state index contributed by atoms with van der Waals surface area (Å²) < 4.78 is 5.12. The minimum absolute atomic E-state index is 0.124. The first-order chi connectivity index (χ1) is 9.26. The van der Waals surface area contributed by atoms with Gasteiger partial charge in [-0.3, -0.25) is 4.79 Å². The van der Waals surface area contributed by atoms with Crippen LogP contribution in [0.1, 0.15) is 31.7 Å². The summed E-state index contributed by atoms with van der Waals surface area (Å²) >= 11 is 0. The summed E-state index contributed by atoms with van der Waals surface area (Å²) in [5, 5.41) is 0. The Balaban J connectivity index is 2.09. The van der Waals surface area contributed by atoms with Gasteiger partial charge in [0.2, 0.25) is 0 Å². The van der Waals surface area contributed by atoms with Crippen molar-refractivity contribution in [1.29, 1.82) is 0 Å². The quantitative estimate of drug-likeness (QED) is 0.601. The number of carbonyl (C=O) groups is 1. The molecule has 0 fully saturated rings. The van der Waals surface area contributed by atoms with E-state index in [9.17, 15) is 4.79 Å². The molecule has 0 amide bonds. The predicted octanol–water partition coefficient (Wildman–Crippen LogP) is 3.12. The largest absolute Gasteiger partial charge is 0.466 e. The molecule has 1 aliphatic rings. The summed E-state index contributed by atoms with van der Waals surface area (Å²) in [5.74, 6) is -0.272. The Bertz CT molecular complexity index is 442. The number of nitrogens with zero attached hydrogens (tertiary/aromatic N) is 1. The van der Waals surface area contributed by atoms with E-state index in [0.717, 1.165) is 25.1 Å². The van der Waals surface area contributed by atoms with Crippen LogP contribution >= 0.6 is 0 Å². The topological polar surface area (TPSA) is 29.5 Å². The van der Waals surface area contributed by atoms with E-state index in [1.165, 1.54) is 5.69 Å². The summed E-state index contributed by atoms with van der Waals surface area (Å²) in [5.41, 5.74) is 2.24. The molecule has 19 heavy (non-hydrogen) atoms. The smallest absolute Gasteiger partial charge is 0.313 e. The molecule has 1 aliphatic heterocycles. The maximum atomic E-state index is 11.9. The van der Waals surface area contributed by atoms with Crippen LogP contribution in [-0.2, 0) is 9.53 Å². The highest BCUT2D eigenvalue weighted by Crippen LogP contribution is 2.25. The van der Waals surface area contributed by atoms with Gasteiger partial charge in [-0.1, -0.05) is 31.2 Å². The molecule has 1 heterocycles. The lowest BCUT2D eigenvalue weighted by Crippen LogP contribution is -2.19.